The van der Waals surface area contributed by atoms with Gasteiger partial charge in [0, 0.05) is 6.42 Å². The van der Waals surface area contributed by atoms with E-state index in [9.17, 15) is 0 Å². The number of ether oxygens (including phenoxy) is 2. The number of para-hydroxylation sites is 1. The normalized spacial score (nSPS) is 29.9. The minimum atomic E-state index is -0.0659. The highest BCUT2D eigenvalue weighted by Gasteiger charge is 2.53. The lowest BCUT2D eigenvalue weighted by atomic mass is 9.97. The molecule has 1 fully saturated rings. The summed E-state index contributed by atoms with van der Waals surface area (Å²) in [5.41, 5.74) is -0.0659. The second-order valence-electron chi connectivity index (χ2n) is 4.15. The molecule has 0 aromatic heterocycles. The van der Waals surface area contributed by atoms with Crippen LogP contribution in [0.2, 0.25) is 0 Å². The summed E-state index contributed by atoms with van der Waals surface area (Å²) in [6.07, 6.45) is 9.50. The van der Waals surface area contributed by atoms with E-state index in [-0.39, 0.29) is 11.7 Å². The minimum Gasteiger partial charge on any atom is -0.493 e. The molecule has 1 aromatic rings. The van der Waals surface area contributed by atoms with Crippen molar-refractivity contribution in [1.29, 1.82) is 0 Å². The molecule has 1 aliphatic heterocycles. The molecule has 82 valence electrons. The van der Waals surface area contributed by atoms with E-state index < -0.39 is 0 Å². The van der Waals surface area contributed by atoms with Gasteiger partial charge >= 0.3 is 0 Å². The summed E-state index contributed by atoms with van der Waals surface area (Å²) in [7, 11) is 0. The topological polar surface area (TPSA) is 21.8 Å². The molecule has 0 spiro atoms. The third-order valence-electron chi connectivity index (χ3n) is 3.05. The lowest BCUT2D eigenvalue weighted by Gasteiger charge is -2.10. The Kier molecular flexibility index (Phi) is 2.29. The molecule has 0 amide bonds. The quantitative estimate of drug-likeness (QED) is 0.719. The molecule has 0 bridgehead atoms. The highest BCUT2D eigenvalue weighted by atomic mass is 16.6. The van der Waals surface area contributed by atoms with Gasteiger partial charge in [-0.15, -0.1) is 0 Å². The Morgan fingerprint density at radius 3 is 2.88 bits per heavy atom. The first-order chi connectivity index (χ1) is 7.89. The largest absolute Gasteiger partial charge is 0.493 e. The monoisotopic (exact) mass is 214 g/mol. The van der Waals surface area contributed by atoms with Crippen LogP contribution in [0, 0.1) is 0 Å². The zero-order chi connectivity index (χ0) is 10.8. The summed E-state index contributed by atoms with van der Waals surface area (Å²) in [4.78, 5) is 0. The predicted molar refractivity (Wildman–Crippen MR) is 62.4 cm³/mol. The Labute approximate surface area is 95.2 Å². The molecular formula is C14H14O2. The summed E-state index contributed by atoms with van der Waals surface area (Å²) < 4.78 is 11.3. The van der Waals surface area contributed by atoms with Crippen LogP contribution in [0.3, 0.4) is 0 Å². The van der Waals surface area contributed by atoms with Gasteiger partial charge in [-0.05, 0) is 18.2 Å². The Morgan fingerprint density at radius 2 is 2.06 bits per heavy atom. The molecular weight excluding hydrogens is 200 g/mol. The van der Waals surface area contributed by atoms with Crippen LogP contribution in [0.25, 0.3) is 0 Å². The van der Waals surface area contributed by atoms with Gasteiger partial charge in [-0.3, -0.25) is 0 Å². The Bertz CT molecular complexity index is 422. The van der Waals surface area contributed by atoms with Crippen molar-refractivity contribution in [1.82, 2.24) is 0 Å². The average molecular weight is 214 g/mol. The third-order valence-corrected chi connectivity index (χ3v) is 3.05. The first-order valence-corrected chi connectivity index (χ1v) is 5.61. The molecule has 1 aliphatic carbocycles. The van der Waals surface area contributed by atoms with Crippen LogP contribution in [0.5, 0.6) is 5.75 Å². The molecule has 2 unspecified atom stereocenters. The molecule has 16 heavy (non-hydrogen) atoms. The molecule has 3 rings (SSSR count). The lowest BCUT2D eigenvalue weighted by Crippen LogP contribution is -2.16. The molecule has 1 heterocycles. The molecule has 2 aliphatic rings. The van der Waals surface area contributed by atoms with E-state index >= 15 is 0 Å². The van der Waals surface area contributed by atoms with Gasteiger partial charge in [-0.1, -0.05) is 36.4 Å². The molecule has 0 N–H and O–H groups in total. The van der Waals surface area contributed by atoms with E-state index in [4.69, 9.17) is 9.47 Å². The van der Waals surface area contributed by atoms with E-state index in [1.165, 1.54) is 0 Å². The SMILES string of the molecule is C1=CC2OC2(CCOc2ccccc2)C=C1. The zero-order valence-electron chi connectivity index (χ0n) is 9.00. The first kappa shape index (κ1) is 9.67. The van der Waals surface area contributed by atoms with E-state index in [1.54, 1.807) is 0 Å². The minimum absolute atomic E-state index is 0.0659. The van der Waals surface area contributed by atoms with E-state index in [0.717, 1.165) is 12.2 Å². The van der Waals surface area contributed by atoms with Gasteiger partial charge in [0.05, 0.1) is 6.61 Å². The number of rotatable bonds is 4. The summed E-state index contributed by atoms with van der Waals surface area (Å²) in [6, 6.07) is 9.89. The molecule has 2 heteroatoms. The van der Waals surface area contributed by atoms with Crippen LogP contribution >= 0.6 is 0 Å². The maximum absolute atomic E-state index is 5.66. The maximum Gasteiger partial charge on any atom is 0.120 e. The van der Waals surface area contributed by atoms with Crippen molar-refractivity contribution in [2.45, 2.75) is 18.1 Å². The number of fused-ring (bicyclic) bond motifs is 1. The van der Waals surface area contributed by atoms with Crippen molar-refractivity contribution in [3.05, 3.63) is 54.6 Å². The van der Waals surface area contributed by atoms with Gasteiger partial charge in [0.15, 0.2) is 0 Å². The van der Waals surface area contributed by atoms with Crippen molar-refractivity contribution >= 4 is 0 Å². The second-order valence-corrected chi connectivity index (χ2v) is 4.15. The summed E-state index contributed by atoms with van der Waals surface area (Å²) in [6.45, 7) is 0.693. The summed E-state index contributed by atoms with van der Waals surface area (Å²) >= 11 is 0. The number of epoxide rings is 1. The number of hydrogen-bond acceptors (Lipinski definition) is 2. The maximum atomic E-state index is 5.66. The standard InChI is InChI=1S/C14H14O2/c1-2-6-12(7-3-1)15-11-10-14-9-5-4-8-13(14)16-14/h1-9,13H,10-11H2. The van der Waals surface area contributed by atoms with Crippen LogP contribution in [0.1, 0.15) is 6.42 Å². The molecule has 1 aromatic carbocycles. The number of allylic oxidation sites excluding steroid dienone is 2. The van der Waals surface area contributed by atoms with Crippen molar-refractivity contribution < 1.29 is 9.47 Å². The predicted octanol–water partition coefficient (Wildman–Crippen LogP) is 2.72. The van der Waals surface area contributed by atoms with Gasteiger partial charge in [0.25, 0.3) is 0 Å². The third kappa shape index (κ3) is 1.76. The summed E-state index contributed by atoms with van der Waals surface area (Å²) in [5, 5.41) is 0. The Balaban J connectivity index is 1.52. The fraction of sp³-hybridized carbons (Fsp3) is 0.286. The zero-order valence-corrected chi connectivity index (χ0v) is 9.00. The number of hydrogen-bond donors (Lipinski definition) is 0. The fourth-order valence-electron chi connectivity index (χ4n) is 2.05. The first-order valence-electron chi connectivity index (χ1n) is 5.61. The van der Waals surface area contributed by atoms with Crippen molar-refractivity contribution in [2.24, 2.45) is 0 Å². The van der Waals surface area contributed by atoms with Gasteiger partial charge in [-0.2, -0.15) is 0 Å². The molecule has 1 saturated heterocycles. The molecule has 0 saturated carbocycles. The van der Waals surface area contributed by atoms with Gasteiger partial charge < -0.3 is 9.47 Å². The van der Waals surface area contributed by atoms with Crippen LogP contribution in [-0.2, 0) is 4.74 Å². The summed E-state index contributed by atoms with van der Waals surface area (Å²) in [5.74, 6) is 0.923. The fourth-order valence-corrected chi connectivity index (χ4v) is 2.05. The van der Waals surface area contributed by atoms with Gasteiger partial charge in [0.2, 0.25) is 0 Å². The van der Waals surface area contributed by atoms with Gasteiger partial charge in [0.1, 0.15) is 17.5 Å². The highest BCUT2D eigenvalue weighted by Crippen LogP contribution is 2.43. The van der Waals surface area contributed by atoms with Crippen LogP contribution in [0.4, 0.5) is 0 Å². The van der Waals surface area contributed by atoms with E-state index in [1.807, 2.05) is 42.5 Å². The van der Waals surface area contributed by atoms with Crippen LogP contribution in [-0.4, -0.2) is 18.3 Å². The Hall–Kier alpha value is -1.54. The lowest BCUT2D eigenvalue weighted by molar-refractivity contribution is 0.253. The van der Waals surface area contributed by atoms with Crippen molar-refractivity contribution in [2.75, 3.05) is 6.61 Å². The molecule has 2 atom stereocenters. The van der Waals surface area contributed by atoms with Crippen molar-refractivity contribution in [3.63, 3.8) is 0 Å². The van der Waals surface area contributed by atoms with Crippen LogP contribution < -0.4 is 4.74 Å². The smallest absolute Gasteiger partial charge is 0.120 e. The molecule has 0 radical (unpaired) electrons. The average Bonchev–Trinajstić information content (AvgIpc) is 3.05. The number of benzene rings is 1. The Morgan fingerprint density at radius 1 is 1.19 bits per heavy atom. The second kappa shape index (κ2) is 3.80. The molecule has 2 nitrogen and oxygen atoms in total. The van der Waals surface area contributed by atoms with Gasteiger partial charge in [-0.25, -0.2) is 0 Å². The highest BCUT2D eigenvalue weighted by molar-refractivity contribution is 5.31. The van der Waals surface area contributed by atoms with Crippen molar-refractivity contribution in [3.8, 4) is 5.75 Å². The van der Waals surface area contributed by atoms with E-state index in [0.29, 0.717) is 6.61 Å². The van der Waals surface area contributed by atoms with Crippen LogP contribution in [0.15, 0.2) is 54.6 Å². The van der Waals surface area contributed by atoms with E-state index in [2.05, 4.69) is 12.2 Å².